The summed E-state index contributed by atoms with van der Waals surface area (Å²) in [7, 11) is 1.38. The number of halogens is 3. The molecule has 0 bridgehead atoms. The second-order valence-electron chi connectivity index (χ2n) is 10.5. The molecule has 0 aliphatic carbocycles. The molecule has 13 heteroatoms. The molecule has 0 radical (unpaired) electrons. The number of nitrogens with one attached hydrogen (secondary N) is 1. The van der Waals surface area contributed by atoms with E-state index in [2.05, 4.69) is 4.98 Å². The first-order chi connectivity index (χ1) is 19.1. The fourth-order valence-electron chi connectivity index (χ4n) is 4.17. The normalized spacial score (nSPS) is 15.5. The number of likely N-dealkylation sites (N-methyl/N-ethyl adjacent to an activating group) is 1. The van der Waals surface area contributed by atoms with Gasteiger partial charge in [-0.1, -0.05) is 24.3 Å². The van der Waals surface area contributed by atoms with Gasteiger partial charge in [-0.2, -0.15) is 13.2 Å². The largest absolute Gasteiger partial charge is 0.460 e. The zero-order chi connectivity index (χ0) is 30.1. The number of benzene rings is 2. The average molecular weight is 576 g/mol. The van der Waals surface area contributed by atoms with E-state index in [1.807, 2.05) is 0 Å². The summed E-state index contributed by atoms with van der Waals surface area (Å²) in [4.78, 5) is 54.4. The number of H-pyrrole nitrogens is 1. The predicted octanol–water partition coefficient (Wildman–Crippen LogP) is 4.95. The maximum Gasteiger partial charge on any atom is 0.417 e. The fourth-order valence-corrected chi connectivity index (χ4v) is 4.17. The Morgan fingerprint density at radius 1 is 1.10 bits per heavy atom. The van der Waals surface area contributed by atoms with Gasteiger partial charge in [0.15, 0.2) is 6.10 Å². The summed E-state index contributed by atoms with van der Waals surface area (Å²) >= 11 is 0. The van der Waals surface area contributed by atoms with Gasteiger partial charge in [0, 0.05) is 29.4 Å². The Morgan fingerprint density at radius 3 is 2.49 bits per heavy atom. The van der Waals surface area contributed by atoms with Crippen LogP contribution in [0.4, 0.5) is 28.4 Å². The molecule has 3 aromatic rings. The van der Waals surface area contributed by atoms with Crippen LogP contribution in [-0.4, -0.2) is 66.5 Å². The van der Waals surface area contributed by atoms with Crippen LogP contribution in [0, 0.1) is 0 Å². The molecule has 218 valence electrons. The molecule has 0 saturated carbocycles. The zero-order valence-electron chi connectivity index (χ0n) is 22.7. The van der Waals surface area contributed by atoms with E-state index in [1.165, 1.54) is 54.4 Å². The number of aromatic amines is 1. The van der Waals surface area contributed by atoms with Gasteiger partial charge in [0.1, 0.15) is 18.8 Å². The van der Waals surface area contributed by atoms with Gasteiger partial charge >= 0.3 is 24.3 Å². The van der Waals surface area contributed by atoms with Gasteiger partial charge in [-0.05, 0) is 50.4 Å². The number of ether oxygens (including phenoxy) is 3. The Hall–Kier alpha value is -4.55. The maximum atomic E-state index is 13.5. The Balaban J connectivity index is 1.44. The third-order valence-electron chi connectivity index (χ3n) is 6.04. The van der Waals surface area contributed by atoms with Crippen molar-refractivity contribution in [1.29, 1.82) is 0 Å². The van der Waals surface area contributed by atoms with E-state index in [-0.39, 0.29) is 36.3 Å². The summed E-state index contributed by atoms with van der Waals surface area (Å²) in [6.45, 7) is 4.45. The molecule has 4 rings (SSSR count). The first-order valence-corrected chi connectivity index (χ1v) is 12.5. The molecule has 2 heterocycles. The van der Waals surface area contributed by atoms with Gasteiger partial charge in [0.25, 0.3) is 5.56 Å². The van der Waals surface area contributed by atoms with Crippen LogP contribution in [0.15, 0.2) is 53.3 Å². The number of carbonyl (C=O) groups excluding carboxylic acids is 3. The minimum atomic E-state index is -4.61. The van der Waals surface area contributed by atoms with Gasteiger partial charge in [-0.25, -0.2) is 9.59 Å². The van der Waals surface area contributed by atoms with E-state index in [0.717, 1.165) is 11.0 Å². The van der Waals surface area contributed by atoms with Gasteiger partial charge in [0.2, 0.25) is 0 Å². The highest BCUT2D eigenvalue weighted by Crippen LogP contribution is 2.36. The molecular weight excluding hydrogens is 547 g/mol. The van der Waals surface area contributed by atoms with Crippen molar-refractivity contribution in [3.05, 3.63) is 64.4 Å². The molecule has 2 amide bonds. The molecule has 41 heavy (non-hydrogen) atoms. The third kappa shape index (κ3) is 6.97. The van der Waals surface area contributed by atoms with Crippen molar-refractivity contribution in [2.45, 2.75) is 38.7 Å². The number of rotatable bonds is 6. The van der Waals surface area contributed by atoms with E-state index < -0.39 is 47.2 Å². The van der Waals surface area contributed by atoms with Crippen LogP contribution >= 0.6 is 0 Å². The molecule has 1 fully saturated rings. The smallest absolute Gasteiger partial charge is 0.417 e. The number of nitrogens with zero attached hydrogens (tertiary/aromatic N) is 2. The number of hydrogen-bond donors (Lipinski definition) is 1. The minimum absolute atomic E-state index is 0.00273. The van der Waals surface area contributed by atoms with Crippen molar-refractivity contribution in [3.8, 4) is 11.3 Å². The minimum Gasteiger partial charge on any atom is -0.460 e. The molecule has 1 unspecified atom stereocenters. The number of alkyl halides is 3. The summed E-state index contributed by atoms with van der Waals surface area (Å²) in [6.07, 6.45) is -6.85. The number of hydrogen-bond acceptors (Lipinski definition) is 7. The van der Waals surface area contributed by atoms with Crippen LogP contribution in [0.5, 0.6) is 0 Å². The molecule has 1 saturated heterocycles. The number of fused-ring (bicyclic) bond motifs is 1. The number of aromatic nitrogens is 1. The molecule has 1 aromatic heterocycles. The lowest BCUT2D eigenvalue weighted by Crippen LogP contribution is -2.38. The Labute approximate surface area is 232 Å². The van der Waals surface area contributed by atoms with Crippen LogP contribution in [0.25, 0.3) is 22.0 Å². The van der Waals surface area contributed by atoms with Crippen molar-refractivity contribution in [3.63, 3.8) is 0 Å². The summed E-state index contributed by atoms with van der Waals surface area (Å²) < 4.78 is 56.1. The SMILES string of the molecule is CN(CC(=O)OCC1CN(c2ccc3cc(-c4ccccc4C(F)(F)F)[nH]c(=O)c3c2)C(=O)O1)C(=O)OC(C)(C)C. The number of anilines is 1. The van der Waals surface area contributed by atoms with Crippen molar-refractivity contribution in [2.24, 2.45) is 0 Å². The second-order valence-corrected chi connectivity index (χ2v) is 10.5. The Bertz CT molecular complexity index is 1550. The van der Waals surface area contributed by atoms with Crippen molar-refractivity contribution < 1.29 is 41.8 Å². The predicted molar refractivity (Wildman–Crippen MR) is 142 cm³/mol. The Morgan fingerprint density at radius 2 is 1.80 bits per heavy atom. The molecule has 0 spiro atoms. The number of esters is 1. The van der Waals surface area contributed by atoms with E-state index in [4.69, 9.17) is 14.2 Å². The summed E-state index contributed by atoms with van der Waals surface area (Å²) in [5.74, 6) is -0.729. The van der Waals surface area contributed by atoms with Crippen LogP contribution in [0.3, 0.4) is 0 Å². The number of carbonyl (C=O) groups is 3. The van der Waals surface area contributed by atoms with Gasteiger partial charge in [-0.15, -0.1) is 0 Å². The monoisotopic (exact) mass is 575 g/mol. The number of cyclic esters (lactones) is 1. The molecular formula is C28H28F3N3O7. The standard InChI is InChI=1S/C28H28F3N3O7/c1-27(2,3)41-25(37)33(4)14-23(35)39-15-18-13-34(26(38)40-18)17-10-9-16-11-22(32-24(36)20(16)12-17)19-7-5-6-8-21(19)28(29,30)31/h5-12,18H,13-15H2,1-4H3,(H,32,36). The van der Waals surface area contributed by atoms with Crippen LogP contribution < -0.4 is 10.5 Å². The topological polar surface area (TPSA) is 118 Å². The van der Waals surface area contributed by atoms with Gasteiger partial charge in [-0.3, -0.25) is 14.5 Å². The van der Waals surface area contributed by atoms with Crippen molar-refractivity contribution >= 4 is 34.6 Å². The summed E-state index contributed by atoms with van der Waals surface area (Å²) in [5, 5.41) is 0.528. The molecule has 1 aliphatic rings. The lowest BCUT2D eigenvalue weighted by Gasteiger charge is -2.24. The highest BCUT2D eigenvalue weighted by atomic mass is 19.4. The fraction of sp³-hybridized carbons (Fsp3) is 0.357. The molecule has 10 nitrogen and oxygen atoms in total. The first kappa shape index (κ1) is 29.4. The molecule has 1 atom stereocenters. The van der Waals surface area contributed by atoms with Gasteiger partial charge < -0.3 is 24.1 Å². The van der Waals surface area contributed by atoms with E-state index >= 15 is 0 Å². The lowest BCUT2D eigenvalue weighted by atomic mass is 10.0. The number of pyridine rings is 1. The quantitative estimate of drug-likeness (QED) is 0.326. The average Bonchev–Trinajstić information content (AvgIpc) is 3.26. The lowest BCUT2D eigenvalue weighted by molar-refractivity contribution is -0.146. The Kier molecular flexibility index (Phi) is 8.00. The van der Waals surface area contributed by atoms with Crippen LogP contribution in [0.1, 0.15) is 26.3 Å². The highest BCUT2D eigenvalue weighted by Gasteiger charge is 2.35. The number of amides is 2. The molecule has 1 aliphatic heterocycles. The highest BCUT2D eigenvalue weighted by molar-refractivity contribution is 5.95. The molecule has 2 aromatic carbocycles. The van der Waals surface area contributed by atoms with Crippen molar-refractivity contribution in [1.82, 2.24) is 9.88 Å². The third-order valence-corrected chi connectivity index (χ3v) is 6.04. The van der Waals surface area contributed by atoms with Crippen LogP contribution in [-0.2, 0) is 25.2 Å². The van der Waals surface area contributed by atoms with Gasteiger partial charge in [0.05, 0.1) is 12.1 Å². The molecule has 1 N–H and O–H groups in total. The van der Waals surface area contributed by atoms with Crippen molar-refractivity contribution in [2.75, 3.05) is 31.6 Å². The van der Waals surface area contributed by atoms with E-state index in [9.17, 15) is 32.3 Å². The van der Waals surface area contributed by atoms with E-state index in [0.29, 0.717) is 11.1 Å². The second kappa shape index (κ2) is 11.1. The summed E-state index contributed by atoms with van der Waals surface area (Å²) in [5.41, 5.74) is -2.09. The van der Waals surface area contributed by atoms with Crippen LogP contribution in [0.2, 0.25) is 0 Å². The first-order valence-electron chi connectivity index (χ1n) is 12.5. The maximum absolute atomic E-state index is 13.5. The summed E-state index contributed by atoms with van der Waals surface area (Å²) in [6, 6.07) is 10.8. The van der Waals surface area contributed by atoms with E-state index in [1.54, 1.807) is 20.8 Å². The zero-order valence-corrected chi connectivity index (χ0v) is 22.7.